The lowest BCUT2D eigenvalue weighted by molar-refractivity contribution is 0.0603. The molecule has 0 saturated carbocycles. The van der Waals surface area contributed by atoms with Gasteiger partial charge >= 0.3 is 5.97 Å². The van der Waals surface area contributed by atoms with Crippen molar-refractivity contribution < 1.29 is 9.53 Å². The van der Waals surface area contributed by atoms with Gasteiger partial charge in [-0.3, -0.25) is 9.78 Å². The molecule has 2 heterocycles. The number of aromatic nitrogens is 4. The zero-order chi connectivity index (χ0) is 15.9. The van der Waals surface area contributed by atoms with E-state index in [0.717, 1.165) is 27.7 Å². The number of aryl methyl sites for hydroxylation is 1. The molecule has 1 N–H and O–H groups in total. The number of hydrogen-bond donors (Lipinski definition) is 1. The highest BCUT2D eigenvalue weighted by Gasteiger charge is 2.20. The highest BCUT2D eigenvalue weighted by atomic mass is 16.5. The number of H-pyrrole nitrogens is 1. The molecule has 0 bridgehead atoms. The van der Waals surface area contributed by atoms with Gasteiger partial charge in [0.25, 0.3) is 0 Å². The maximum Gasteiger partial charge on any atom is 0.338 e. The average Bonchev–Trinajstić information content (AvgIpc) is 3.14. The van der Waals surface area contributed by atoms with E-state index >= 15 is 0 Å². The fourth-order valence-corrected chi connectivity index (χ4v) is 2.69. The molecule has 0 radical (unpaired) electrons. The molecule has 114 valence electrons. The Morgan fingerprint density at radius 3 is 2.68 bits per heavy atom. The zero-order valence-electron chi connectivity index (χ0n) is 13.0. The van der Waals surface area contributed by atoms with E-state index in [4.69, 9.17) is 4.74 Å². The summed E-state index contributed by atoms with van der Waals surface area (Å²) in [7, 11) is 1.39. The Morgan fingerprint density at radius 1 is 1.32 bits per heavy atom. The minimum atomic E-state index is -0.359. The second-order valence-electron chi connectivity index (χ2n) is 5.52. The minimum absolute atomic E-state index is 0.196. The quantitative estimate of drug-likeness (QED) is 0.754. The van der Waals surface area contributed by atoms with Crippen molar-refractivity contribution in [3.05, 3.63) is 35.8 Å². The second kappa shape index (κ2) is 5.29. The summed E-state index contributed by atoms with van der Waals surface area (Å²) in [6, 6.07) is 4.06. The Morgan fingerprint density at radius 2 is 2.09 bits per heavy atom. The van der Waals surface area contributed by atoms with E-state index < -0.39 is 0 Å². The van der Waals surface area contributed by atoms with Crippen molar-refractivity contribution in [2.75, 3.05) is 7.11 Å². The monoisotopic (exact) mass is 298 g/mol. The van der Waals surface area contributed by atoms with Gasteiger partial charge in [-0.2, -0.15) is 10.2 Å². The van der Waals surface area contributed by atoms with E-state index in [9.17, 15) is 4.79 Å². The molecule has 0 aliphatic rings. The number of hydrogen-bond acceptors (Lipinski definition) is 4. The standard InChI is InChI=1S/C16H18N4O2/c1-9(2)20-14-6-11(12-7-17-18-8-12)5-13(16(21)22-4)15(14)10(3)19-20/h5-9H,1-4H3,(H,17,18). The van der Waals surface area contributed by atoms with Gasteiger partial charge in [0.05, 0.1) is 30.1 Å². The maximum absolute atomic E-state index is 12.2. The third-order valence-electron chi connectivity index (χ3n) is 3.71. The number of aromatic amines is 1. The lowest BCUT2D eigenvalue weighted by Gasteiger charge is -2.10. The van der Waals surface area contributed by atoms with Gasteiger partial charge in [0.15, 0.2) is 0 Å². The molecule has 1 aromatic carbocycles. The number of rotatable bonds is 3. The predicted molar refractivity (Wildman–Crippen MR) is 83.8 cm³/mol. The van der Waals surface area contributed by atoms with Crippen LogP contribution in [0.2, 0.25) is 0 Å². The van der Waals surface area contributed by atoms with Gasteiger partial charge in [0, 0.05) is 23.2 Å². The zero-order valence-corrected chi connectivity index (χ0v) is 13.0. The first-order chi connectivity index (χ1) is 10.5. The molecule has 3 aromatic rings. The first kappa shape index (κ1) is 14.3. The molecule has 6 heteroatoms. The van der Waals surface area contributed by atoms with E-state index in [0.29, 0.717) is 5.56 Å². The number of nitrogens with zero attached hydrogens (tertiary/aromatic N) is 3. The molecule has 0 spiro atoms. The normalized spacial score (nSPS) is 11.3. The Bertz CT molecular complexity index is 832. The molecule has 6 nitrogen and oxygen atoms in total. The summed E-state index contributed by atoms with van der Waals surface area (Å²) in [5.74, 6) is -0.359. The van der Waals surface area contributed by atoms with Crippen LogP contribution < -0.4 is 0 Å². The molecule has 0 saturated heterocycles. The largest absolute Gasteiger partial charge is 0.465 e. The smallest absolute Gasteiger partial charge is 0.338 e. The van der Waals surface area contributed by atoms with Crippen LogP contribution in [0.4, 0.5) is 0 Å². The molecule has 0 atom stereocenters. The maximum atomic E-state index is 12.2. The van der Waals surface area contributed by atoms with Crippen LogP contribution in [0, 0.1) is 6.92 Å². The second-order valence-corrected chi connectivity index (χ2v) is 5.52. The molecule has 0 aliphatic carbocycles. The summed E-state index contributed by atoms with van der Waals surface area (Å²) in [6.45, 7) is 6.04. The van der Waals surface area contributed by atoms with Crippen molar-refractivity contribution in [2.24, 2.45) is 0 Å². The number of carbonyl (C=O) groups is 1. The minimum Gasteiger partial charge on any atom is -0.465 e. The topological polar surface area (TPSA) is 72.8 Å². The van der Waals surface area contributed by atoms with Crippen molar-refractivity contribution in [3.8, 4) is 11.1 Å². The van der Waals surface area contributed by atoms with E-state index in [1.165, 1.54) is 7.11 Å². The fraction of sp³-hybridized carbons (Fsp3) is 0.312. The Hall–Kier alpha value is -2.63. The fourth-order valence-electron chi connectivity index (χ4n) is 2.69. The number of benzene rings is 1. The predicted octanol–water partition coefficient (Wildman–Crippen LogP) is 3.10. The van der Waals surface area contributed by atoms with E-state index in [2.05, 4.69) is 29.1 Å². The van der Waals surface area contributed by atoms with Gasteiger partial charge in [-0.1, -0.05) is 0 Å². The summed E-state index contributed by atoms with van der Waals surface area (Å²) in [4.78, 5) is 12.2. The van der Waals surface area contributed by atoms with Crippen LogP contribution in [-0.4, -0.2) is 33.1 Å². The molecule has 22 heavy (non-hydrogen) atoms. The van der Waals surface area contributed by atoms with Crippen molar-refractivity contribution in [3.63, 3.8) is 0 Å². The first-order valence-corrected chi connectivity index (χ1v) is 7.13. The number of carbonyl (C=O) groups excluding carboxylic acids is 1. The number of nitrogens with one attached hydrogen (secondary N) is 1. The van der Waals surface area contributed by atoms with Gasteiger partial charge in [-0.05, 0) is 38.5 Å². The van der Waals surface area contributed by atoms with Crippen LogP contribution in [0.15, 0.2) is 24.5 Å². The van der Waals surface area contributed by atoms with Crippen LogP contribution in [0.25, 0.3) is 22.0 Å². The molecule has 0 aliphatic heterocycles. The van der Waals surface area contributed by atoms with Crippen molar-refractivity contribution >= 4 is 16.9 Å². The summed E-state index contributed by atoms with van der Waals surface area (Å²) < 4.78 is 6.87. The van der Waals surface area contributed by atoms with Crippen molar-refractivity contribution in [1.29, 1.82) is 0 Å². The number of methoxy groups -OCH3 is 1. The number of esters is 1. The van der Waals surface area contributed by atoms with Gasteiger partial charge in [-0.25, -0.2) is 4.79 Å². The molecule has 0 amide bonds. The van der Waals surface area contributed by atoms with Crippen LogP contribution in [0.1, 0.15) is 35.9 Å². The summed E-state index contributed by atoms with van der Waals surface area (Å²) in [5.41, 5.74) is 4.10. The van der Waals surface area contributed by atoms with E-state index in [1.807, 2.05) is 23.7 Å². The Balaban J connectivity index is 2.37. The van der Waals surface area contributed by atoms with E-state index in [-0.39, 0.29) is 12.0 Å². The Labute approximate surface area is 128 Å². The van der Waals surface area contributed by atoms with Crippen LogP contribution in [0.5, 0.6) is 0 Å². The lowest BCUT2D eigenvalue weighted by Crippen LogP contribution is -2.04. The molecular formula is C16H18N4O2. The summed E-state index contributed by atoms with van der Waals surface area (Å²) >= 11 is 0. The lowest BCUT2D eigenvalue weighted by atomic mass is 10.0. The van der Waals surface area contributed by atoms with E-state index in [1.54, 1.807) is 12.4 Å². The van der Waals surface area contributed by atoms with Crippen LogP contribution >= 0.6 is 0 Å². The van der Waals surface area contributed by atoms with Gasteiger partial charge in [0.2, 0.25) is 0 Å². The molecule has 0 fully saturated rings. The molecule has 3 rings (SSSR count). The average molecular weight is 298 g/mol. The Kier molecular flexibility index (Phi) is 3.44. The SMILES string of the molecule is COC(=O)c1cc(-c2cn[nH]c2)cc2c1c(C)nn2C(C)C. The third-order valence-corrected chi connectivity index (χ3v) is 3.71. The van der Waals surface area contributed by atoms with Crippen LogP contribution in [0.3, 0.4) is 0 Å². The highest BCUT2D eigenvalue weighted by molar-refractivity contribution is 6.06. The molecular weight excluding hydrogens is 280 g/mol. The van der Waals surface area contributed by atoms with Gasteiger partial charge in [0.1, 0.15) is 0 Å². The highest BCUT2D eigenvalue weighted by Crippen LogP contribution is 2.31. The van der Waals surface area contributed by atoms with Gasteiger partial charge < -0.3 is 4.74 Å². The van der Waals surface area contributed by atoms with Crippen LogP contribution in [-0.2, 0) is 4.74 Å². The van der Waals surface area contributed by atoms with Crippen molar-refractivity contribution in [1.82, 2.24) is 20.0 Å². The molecule has 0 unspecified atom stereocenters. The first-order valence-electron chi connectivity index (χ1n) is 7.13. The third kappa shape index (κ3) is 2.16. The number of fused-ring (bicyclic) bond motifs is 1. The summed E-state index contributed by atoms with van der Waals surface area (Å²) in [6.07, 6.45) is 3.52. The van der Waals surface area contributed by atoms with Gasteiger partial charge in [-0.15, -0.1) is 0 Å². The van der Waals surface area contributed by atoms with Crippen molar-refractivity contribution in [2.45, 2.75) is 26.8 Å². The number of ether oxygens (including phenoxy) is 1. The molecule has 2 aromatic heterocycles. The summed E-state index contributed by atoms with van der Waals surface area (Å²) in [5, 5.41) is 12.2.